The van der Waals surface area contributed by atoms with E-state index in [1.807, 2.05) is 19.1 Å². The highest BCUT2D eigenvalue weighted by Gasteiger charge is 2.33. The lowest BCUT2D eigenvalue weighted by Gasteiger charge is -2.30. The van der Waals surface area contributed by atoms with Crippen molar-refractivity contribution in [2.45, 2.75) is 19.4 Å². The van der Waals surface area contributed by atoms with Crippen LogP contribution in [0.1, 0.15) is 24.1 Å². The van der Waals surface area contributed by atoms with Crippen LogP contribution in [0, 0.1) is 5.82 Å². The normalized spacial score (nSPS) is 16.3. The van der Waals surface area contributed by atoms with Gasteiger partial charge in [0.05, 0.1) is 12.2 Å². The highest BCUT2D eigenvalue weighted by molar-refractivity contribution is 7.90. The number of hydrogen-bond donors (Lipinski definition) is 3. The third-order valence-electron chi connectivity index (χ3n) is 4.72. The average molecular weight is 454 g/mol. The molecule has 1 aliphatic rings. The van der Waals surface area contributed by atoms with E-state index in [2.05, 4.69) is 9.71 Å². The number of aromatic amines is 1. The number of hydrogen-bond acceptors (Lipinski definition) is 5. The minimum Gasteiger partial charge on any atom is -0.505 e. The number of aromatic hydroxyl groups is 1. The van der Waals surface area contributed by atoms with Gasteiger partial charge in [-0.25, -0.2) is 4.39 Å². The zero-order valence-electron chi connectivity index (χ0n) is 15.6. The van der Waals surface area contributed by atoms with Gasteiger partial charge in [-0.1, -0.05) is 18.5 Å². The molecule has 11 heteroatoms. The molecule has 3 aromatic rings. The molecule has 3 N–H and O–H groups in total. The molecule has 0 saturated heterocycles. The van der Waals surface area contributed by atoms with Crippen LogP contribution in [0.2, 0.25) is 5.02 Å². The van der Waals surface area contributed by atoms with Gasteiger partial charge in [0.15, 0.2) is 11.6 Å². The molecule has 1 aromatic heterocycles. The summed E-state index contributed by atoms with van der Waals surface area (Å²) in [6.07, 6.45) is 0.250. The summed E-state index contributed by atoms with van der Waals surface area (Å²) in [4.78, 5) is 19.5. The zero-order chi connectivity index (χ0) is 22.1. The number of benzene rings is 2. The number of fused-ring (bicyclic) bond motifs is 3. The van der Waals surface area contributed by atoms with Crippen molar-refractivity contribution < 1.29 is 27.5 Å². The molecule has 0 saturated carbocycles. The van der Waals surface area contributed by atoms with E-state index in [1.54, 1.807) is 6.07 Å². The number of aromatic nitrogens is 1. The fraction of sp³-hybridized carbons (Fsp3) is 0.211. The summed E-state index contributed by atoms with van der Waals surface area (Å²) >= 11 is 6.10. The maximum atomic E-state index is 13.2. The molecule has 2 heterocycles. The molecule has 2 aromatic carbocycles. The smallest absolute Gasteiger partial charge is 0.373 e. The number of rotatable bonds is 3. The van der Waals surface area contributed by atoms with Crippen LogP contribution in [0.25, 0.3) is 10.9 Å². The van der Waals surface area contributed by atoms with Crippen LogP contribution in [0.5, 0.6) is 5.75 Å². The van der Waals surface area contributed by atoms with Crippen LogP contribution < -0.4 is 4.72 Å². The molecule has 0 bridgehead atoms. The standard InChI is InChI=1S/C18H17ClFN3O3S.CO2/c1-10-8-23(27(25,26)22-12-3-4-14(20)17(24)7-12)9-16-18(10)13-6-11(19)2-5-15(13)21-16;2-1-3/h2-7,10,21-22,24H,8-9H2,1H3;. The largest absolute Gasteiger partial charge is 0.505 e. The van der Waals surface area contributed by atoms with Crippen molar-refractivity contribution in [3.8, 4) is 5.75 Å². The molecule has 8 nitrogen and oxygen atoms in total. The summed E-state index contributed by atoms with van der Waals surface area (Å²) < 4.78 is 42.4. The Morgan fingerprint density at radius 1 is 1.27 bits per heavy atom. The van der Waals surface area contributed by atoms with Gasteiger partial charge in [-0.15, -0.1) is 0 Å². The van der Waals surface area contributed by atoms with Gasteiger partial charge in [0, 0.05) is 34.2 Å². The molecule has 0 spiro atoms. The van der Waals surface area contributed by atoms with Crippen LogP contribution in [0.3, 0.4) is 0 Å². The number of halogens is 2. The predicted octanol–water partition coefficient (Wildman–Crippen LogP) is 3.36. The second kappa shape index (κ2) is 8.45. The third-order valence-corrected chi connectivity index (χ3v) is 6.41. The number of phenols is 1. The Hall–Kier alpha value is -2.91. The molecule has 1 aliphatic heterocycles. The van der Waals surface area contributed by atoms with Gasteiger partial charge in [-0.3, -0.25) is 4.72 Å². The summed E-state index contributed by atoms with van der Waals surface area (Å²) in [5, 5.41) is 11.1. The van der Waals surface area contributed by atoms with Crippen LogP contribution in [-0.2, 0) is 26.3 Å². The van der Waals surface area contributed by atoms with Gasteiger partial charge in [0.1, 0.15) is 0 Å². The second-order valence-electron chi connectivity index (χ2n) is 6.76. The number of nitrogens with zero attached hydrogens (tertiary/aromatic N) is 1. The van der Waals surface area contributed by atoms with Crippen molar-refractivity contribution in [3.05, 3.63) is 58.5 Å². The van der Waals surface area contributed by atoms with Crippen LogP contribution in [0.4, 0.5) is 10.1 Å². The van der Waals surface area contributed by atoms with E-state index in [4.69, 9.17) is 21.2 Å². The Bertz CT molecular complexity index is 1240. The Labute approximate surface area is 176 Å². The molecular formula is C19H17ClFN3O5S. The third kappa shape index (κ3) is 4.31. The molecule has 0 fully saturated rings. The van der Waals surface area contributed by atoms with Gasteiger partial charge >= 0.3 is 16.4 Å². The monoisotopic (exact) mass is 453 g/mol. The molecule has 1 unspecified atom stereocenters. The van der Waals surface area contributed by atoms with Crippen molar-refractivity contribution in [2.24, 2.45) is 0 Å². The Morgan fingerprint density at radius 2 is 1.97 bits per heavy atom. The van der Waals surface area contributed by atoms with Crippen molar-refractivity contribution in [2.75, 3.05) is 11.3 Å². The maximum absolute atomic E-state index is 13.2. The zero-order valence-corrected chi connectivity index (χ0v) is 17.2. The van der Waals surface area contributed by atoms with E-state index < -0.39 is 21.8 Å². The highest BCUT2D eigenvalue weighted by atomic mass is 35.5. The van der Waals surface area contributed by atoms with Crippen LogP contribution in [-0.4, -0.2) is 35.5 Å². The van der Waals surface area contributed by atoms with E-state index in [0.717, 1.165) is 34.3 Å². The summed E-state index contributed by atoms with van der Waals surface area (Å²) in [5.74, 6) is -1.47. The lowest BCUT2D eigenvalue weighted by Crippen LogP contribution is -2.40. The summed E-state index contributed by atoms with van der Waals surface area (Å²) in [6, 6.07) is 8.85. The van der Waals surface area contributed by atoms with E-state index in [1.165, 1.54) is 10.4 Å². The highest BCUT2D eigenvalue weighted by Crippen LogP contribution is 2.36. The number of nitrogens with one attached hydrogen (secondary N) is 2. The fourth-order valence-corrected chi connectivity index (χ4v) is 4.98. The van der Waals surface area contributed by atoms with E-state index in [9.17, 15) is 17.9 Å². The van der Waals surface area contributed by atoms with E-state index in [-0.39, 0.29) is 30.8 Å². The lowest BCUT2D eigenvalue weighted by molar-refractivity contribution is -0.191. The Morgan fingerprint density at radius 3 is 2.63 bits per heavy atom. The van der Waals surface area contributed by atoms with Crippen molar-refractivity contribution >= 4 is 44.6 Å². The van der Waals surface area contributed by atoms with E-state index in [0.29, 0.717) is 5.02 Å². The summed E-state index contributed by atoms with van der Waals surface area (Å²) in [6.45, 7) is 2.42. The number of carbonyl (C=O) groups excluding carboxylic acids is 2. The molecule has 4 rings (SSSR count). The average Bonchev–Trinajstić information content (AvgIpc) is 3.03. The summed E-state index contributed by atoms with van der Waals surface area (Å²) in [5.41, 5.74) is 2.89. The number of H-pyrrole nitrogens is 1. The lowest BCUT2D eigenvalue weighted by atomic mass is 9.95. The van der Waals surface area contributed by atoms with E-state index >= 15 is 0 Å². The minimum atomic E-state index is -3.88. The van der Waals surface area contributed by atoms with Gasteiger partial charge in [0.25, 0.3) is 0 Å². The van der Waals surface area contributed by atoms with Gasteiger partial charge in [-0.2, -0.15) is 22.3 Å². The molecule has 30 heavy (non-hydrogen) atoms. The molecule has 0 amide bonds. The van der Waals surface area contributed by atoms with Crippen molar-refractivity contribution in [3.63, 3.8) is 0 Å². The van der Waals surface area contributed by atoms with Gasteiger partial charge in [-0.05, 0) is 41.8 Å². The summed E-state index contributed by atoms with van der Waals surface area (Å²) in [7, 11) is -3.88. The fourth-order valence-electron chi connectivity index (χ4n) is 3.54. The first-order valence-electron chi connectivity index (χ1n) is 8.72. The van der Waals surface area contributed by atoms with Crippen LogP contribution in [0.15, 0.2) is 36.4 Å². The Kier molecular flexibility index (Phi) is 6.14. The number of anilines is 1. The first-order chi connectivity index (χ1) is 14.2. The quantitative estimate of drug-likeness (QED) is 0.561. The SMILES string of the molecule is CC1CN(S(=O)(=O)Nc2ccc(F)c(O)c2)Cc2[nH]c3ccc(Cl)cc3c21.O=C=O. The van der Waals surface area contributed by atoms with Crippen molar-refractivity contribution in [1.29, 1.82) is 0 Å². The predicted molar refractivity (Wildman–Crippen MR) is 108 cm³/mol. The second-order valence-corrected chi connectivity index (χ2v) is 8.86. The molecule has 1 atom stereocenters. The Balaban J connectivity index is 0.000000806. The minimum absolute atomic E-state index is 0.0424. The maximum Gasteiger partial charge on any atom is 0.373 e. The molecule has 158 valence electrons. The van der Waals surface area contributed by atoms with Gasteiger partial charge in [0.2, 0.25) is 0 Å². The molecule has 0 radical (unpaired) electrons. The first-order valence-corrected chi connectivity index (χ1v) is 10.5. The topological polar surface area (TPSA) is 120 Å². The van der Waals surface area contributed by atoms with Gasteiger partial charge < -0.3 is 10.1 Å². The van der Waals surface area contributed by atoms with Crippen LogP contribution >= 0.6 is 11.6 Å². The molecule has 0 aliphatic carbocycles. The molecular weight excluding hydrogens is 437 g/mol. The number of phenolic OH excluding ortho intramolecular Hbond substituents is 1. The first kappa shape index (κ1) is 21.8. The van der Waals surface area contributed by atoms with Crippen molar-refractivity contribution in [1.82, 2.24) is 9.29 Å².